The molecule has 0 saturated carbocycles. The van der Waals surface area contributed by atoms with E-state index in [2.05, 4.69) is 34.6 Å². The van der Waals surface area contributed by atoms with Crippen molar-refractivity contribution in [2.75, 3.05) is 39.6 Å². The SMILES string of the molecule is CCCCCCCCCCCCCCCCCCCCCCCC(=O)O[C@H](COC(=O)CCCCCCCCCCCCCCCCCC(C)C)COP(=O)(O)OC[C@@H](O)COP(=O)(O)OC[C@@H](COC(=O)CCCCCCC)OC(=O)CCCCCCCCCCC. The number of ether oxygens (including phenoxy) is 4. The third-order valence-corrected chi connectivity index (χ3v) is 19.2. The van der Waals surface area contributed by atoms with Gasteiger partial charge in [0.25, 0.3) is 0 Å². The zero-order valence-corrected chi connectivity index (χ0v) is 62.2. The van der Waals surface area contributed by atoms with Gasteiger partial charge >= 0.3 is 39.5 Å². The molecule has 0 aliphatic carbocycles. The van der Waals surface area contributed by atoms with Crippen LogP contribution in [0.25, 0.3) is 0 Å². The van der Waals surface area contributed by atoms with E-state index in [9.17, 15) is 43.2 Å². The van der Waals surface area contributed by atoms with Crippen molar-refractivity contribution in [2.45, 2.75) is 406 Å². The molecule has 0 aromatic carbocycles. The van der Waals surface area contributed by atoms with Gasteiger partial charge in [-0.25, -0.2) is 9.13 Å². The summed E-state index contributed by atoms with van der Waals surface area (Å²) in [7, 11) is -9.89. The van der Waals surface area contributed by atoms with E-state index in [1.54, 1.807) is 0 Å². The minimum atomic E-state index is -4.95. The number of phosphoric ester groups is 2. The Kier molecular flexibility index (Phi) is 65.9. The van der Waals surface area contributed by atoms with Crippen LogP contribution in [0.5, 0.6) is 0 Å². The monoisotopic (exact) mass is 1370 g/mol. The summed E-state index contributed by atoms with van der Waals surface area (Å²) in [6.45, 7) is 7.19. The summed E-state index contributed by atoms with van der Waals surface area (Å²) >= 11 is 0. The van der Waals surface area contributed by atoms with Crippen molar-refractivity contribution >= 4 is 39.5 Å². The van der Waals surface area contributed by atoms with Crippen LogP contribution >= 0.6 is 15.6 Å². The van der Waals surface area contributed by atoms with E-state index in [0.29, 0.717) is 25.7 Å². The minimum absolute atomic E-state index is 0.105. The molecule has 0 radical (unpaired) electrons. The summed E-state index contributed by atoms with van der Waals surface area (Å²) in [5.74, 6) is -1.32. The van der Waals surface area contributed by atoms with Gasteiger partial charge in [0.05, 0.1) is 26.4 Å². The lowest BCUT2D eigenvalue weighted by Crippen LogP contribution is -2.30. The fourth-order valence-corrected chi connectivity index (χ4v) is 12.9. The van der Waals surface area contributed by atoms with Crippen LogP contribution < -0.4 is 0 Å². The lowest BCUT2D eigenvalue weighted by atomic mass is 10.0. The Morgan fingerprint density at radius 2 is 0.495 bits per heavy atom. The maximum Gasteiger partial charge on any atom is 0.472 e. The first kappa shape index (κ1) is 91.1. The van der Waals surface area contributed by atoms with Crippen LogP contribution in [0.1, 0.15) is 388 Å². The van der Waals surface area contributed by atoms with Crippen LogP contribution in [-0.2, 0) is 65.4 Å². The van der Waals surface area contributed by atoms with Gasteiger partial charge in [0, 0.05) is 25.7 Å². The van der Waals surface area contributed by atoms with Crippen molar-refractivity contribution in [1.82, 2.24) is 0 Å². The van der Waals surface area contributed by atoms with E-state index in [1.807, 2.05) is 0 Å². The molecule has 552 valence electrons. The number of carbonyl (C=O) groups excluding carboxylic acids is 4. The standard InChI is InChI=1S/C74H144O17P2/c1-6-9-12-15-17-19-20-21-22-23-24-25-26-27-30-34-37-41-45-50-55-60-74(79)91-70(64-85-72(77)58-53-48-43-40-36-33-31-28-29-32-35-39-42-47-51-56-67(4)5)66-89-93(82,83)87-62-68(75)61-86-92(80,81)88-65-69(63-84-71(76)57-52-46-14-11-8-3)90-73(78)59-54-49-44-38-18-16-13-10-7-2/h67-70,75H,6-66H2,1-5H3,(H,80,81)(H,82,83)/t68-,69+,70+/m0/s1. The van der Waals surface area contributed by atoms with E-state index < -0.39 is 97.5 Å². The summed E-state index contributed by atoms with van der Waals surface area (Å²) in [4.78, 5) is 72.3. The van der Waals surface area contributed by atoms with Gasteiger partial charge in [-0.3, -0.25) is 37.3 Å². The predicted octanol–water partition coefficient (Wildman–Crippen LogP) is 21.7. The third kappa shape index (κ3) is 68.4. The van der Waals surface area contributed by atoms with Crippen LogP contribution in [0.3, 0.4) is 0 Å². The highest BCUT2D eigenvalue weighted by Crippen LogP contribution is 2.45. The maximum absolute atomic E-state index is 13.1. The van der Waals surface area contributed by atoms with Crippen LogP contribution in [-0.4, -0.2) is 96.7 Å². The van der Waals surface area contributed by atoms with Crippen molar-refractivity contribution in [3.8, 4) is 0 Å². The third-order valence-electron chi connectivity index (χ3n) is 17.3. The van der Waals surface area contributed by atoms with Crippen LogP contribution in [0.15, 0.2) is 0 Å². The first-order valence-electron chi connectivity index (χ1n) is 38.6. The Morgan fingerprint density at radius 1 is 0.290 bits per heavy atom. The van der Waals surface area contributed by atoms with E-state index >= 15 is 0 Å². The molecular weight excluding hydrogens is 1220 g/mol. The van der Waals surface area contributed by atoms with Crippen molar-refractivity contribution in [2.24, 2.45) is 5.92 Å². The molecular formula is C74H144O17P2. The Labute approximate surface area is 568 Å². The molecule has 0 heterocycles. The molecule has 0 bridgehead atoms. The van der Waals surface area contributed by atoms with Gasteiger partial charge in [0.2, 0.25) is 0 Å². The Hall–Kier alpha value is -1.94. The number of rotatable bonds is 74. The van der Waals surface area contributed by atoms with Crippen LogP contribution in [0.4, 0.5) is 0 Å². The first-order valence-corrected chi connectivity index (χ1v) is 41.6. The van der Waals surface area contributed by atoms with E-state index in [-0.39, 0.29) is 25.7 Å². The highest BCUT2D eigenvalue weighted by molar-refractivity contribution is 7.47. The average molecular weight is 1370 g/mol. The van der Waals surface area contributed by atoms with Crippen LogP contribution in [0, 0.1) is 5.92 Å². The first-order chi connectivity index (χ1) is 45.0. The average Bonchev–Trinajstić information content (AvgIpc) is 1.57. The topological polar surface area (TPSA) is 237 Å². The molecule has 19 heteroatoms. The van der Waals surface area contributed by atoms with Gasteiger partial charge in [-0.1, -0.05) is 336 Å². The smallest absolute Gasteiger partial charge is 0.462 e. The summed E-state index contributed by atoms with van der Waals surface area (Å²) in [6.07, 6.45) is 56.1. The van der Waals surface area contributed by atoms with Crippen LogP contribution in [0.2, 0.25) is 0 Å². The summed E-state index contributed by atoms with van der Waals surface area (Å²) in [6, 6.07) is 0. The summed E-state index contributed by atoms with van der Waals surface area (Å²) < 4.78 is 68.1. The lowest BCUT2D eigenvalue weighted by molar-refractivity contribution is -0.161. The fourth-order valence-electron chi connectivity index (χ4n) is 11.4. The molecule has 0 aromatic heterocycles. The number of unbranched alkanes of at least 4 members (excludes halogenated alkanes) is 46. The number of esters is 4. The second kappa shape index (κ2) is 67.3. The van der Waals surface area contributed by atoms with Crippen molar-refractivity contribution in [1.29, 1.82) is 0 Å². The number of aliphatic hydroxyl groups is 1. The predicted molar refractivity (Wildman–Crippen MR) is 377 cm³/mol. The van der Waals surface area contributed by atoms with E-state index in [0.717, 1.165) is 102 Å². The van der Waals surface area contributed by atoms with Gasteiger partial charge in [0.15, 0.2) is 12.2 Å². The molecule has 93 heavy (non-hydrogen) atoms. The number of hydrogen-bond acceptors (Lipinski definition) is 15. The lowest BCUT2D eigenvalue weighted by Gasteiger charge is -2.21. The van der Waals surface area contributed by atoms with Gasteiger partial charge in [-0.05, 0) is 31.6 Å². The Bertz CT molecular complexity index is 1790. The molecule has 0 aromatic rings. The minimum Gasteiger partial charge on any atom is -0.462 e. The molecule has 0 saturated heterocycles. The fraction of sp³-hybridized carbons (Fsp3) is 0.946. The molecule has 5 atom stereocenters. The molecule has 2 unspecified atom stereocenters. The summed E-state index contributed by atoms with van der Waals surface area (Å²) in [5, 5.41) is 10.6. The van der Waals surface area contributed by atoms with Crippen molar-refractivity contribution < 1.29 is 80.2 Å². The number of carbonyl (C=O) groups is 4. The largest absolute Gasteiger partial charge is 0.472 e. The summed E-state index contributed by atoms with van der Waals surface area (Å²) in [5.41, 5.74) is 0. The maximum atomic E-state index is 13.1. The molecule has 0 aliphatic heterocycles. The molecule has 0 fully saturated rings. The molecule has 0 amide bonds. The van der Waals surface area contributed by atoms with Gasteiger partial charge < -0.3 is 33.8 Å². The second-order valence-electron chi connectivity index (χ2n) is 27.2. The highest BCUT2D eigenvalue weighted by Gasteiger charge is 2.30. The molecule has 0 spiro atoms. The second-order valence-corrected chi connectivity index (χ2v) is 30.1. The Morgan fingerprint density at radius 3 is 0.731 bits per heavy atom. The number of aliphatic hydroxyl groups excluding tert-OH is 1. The quantitative estimate of drug-likeness (QED) is 0.0222. The zero-order valence-electron chi connectivity index (χ0n) is 60.4. The number of hydrogen-bond donors (Lipinski definition) is 3. The molecule has 0 aliphatic rings. The van der Waals surface area contributed by atoms with E-state index in [1.165, 1.54) is 205 Å². The highest BCUT2D eigenvalue weighted by atomic mass is 31.2. The molecule has 0 rings (SSSR count). The molecule has 3 N–H and O–H groups in total. The van der Waals surface area contributed by atoms with Crippen molar-refractivity contribution in [3.05, 3.63) is 0 Å². The molecule has 17 nitrogen and oxygen atoms in total. The van der Waals surface area contributed by atoms with Gasteiger partial charge in [0.1, 0.15) is 19.3 Å². The Balaban J connectivity index is 5.10. The van der Waals surface area contributed by atoms with Gasteiger partial charge in [-0.2, -0.15) is 0 Å². The van der Waals surface area contributed by atoms with E-state index in [4.69, 9.17) is 37.0 Å². The number of phosphoric acid groups is 2. The van der Waals surface area contributed by atoms with Gasteiger partial charge in [-0.15, -0.1) is 0 Å². The normalized spacial score (nSPS) is 14.0. The van der Waals surface area contributed by atoms with Crippen molar-refractivity contribution in [3.63, 3.8) is 0 Å². The zero-order chi connectivity index (χ0) is 68.4.